The first-order chi connectivity index (χ1) is 6.66. The van der Waals surface area contributed by atoms with Gasteiger partial charge >= 0.3 is 0 Å². The first-order valence-corrected chi connectivity index (χ1v) is 5.48. The van der Waals surface area contributed by atoms with Gasteiger partial charge in [-0.1, -0.05) is 18.2 Å². The van der Waals surface area contributed by atoms with Gasteiger partial charge in [-0.15, -0.1) is 0 Å². The molecular formula is C13H19N. The lowest BCUT2D eigenvalue weighted by molar-refractivity contribution is 0.591. The summed E-state index contributed by atoms with van der Waals surface area (Å²) in [4.78, 5) is 0. The Balaban J connectivity index is 2.04. The van der Waals surface area contributed by atoms with Crippen LogP contribution in [-0.4, -0.2) is 6.04 Å². The molecule has 1 aliphatic carbocycles. The second-order valence-electron chi connectivity index (χ2n) is 4.62. The average Bonchev–Trinajstić information content (AvgIpc) is 2.94. The molecule has 0 spiro atoms. The molecule has 2 N–H and O–H groups in total. The van der Waals surface area contributed by atoms with Gasteiger partial charge in [0.1, 0.15) is 0 Å². The maximum absolute atomic E-state index is 6.10. The van der Waals surface area contributed by atoms with Gasteiger partial charge in [0, 0.05) is 6.04 Å². The SMILES string of the molecule is Cc1ccc(CC(N)C2CC2)cc1C. The number of rotatable bonds is 3. The van der Waals surface area contributed by atoms with Gasteiger partial charge in [-0.3, -0.25) is 0 Å². The molecule has 0 heterocycles. The van der Waals surface area contributed by atoms with Crippen LogP contribution in [0.2, 0.25) is 0 Å². The largest absolute Gasteiger partial charge is 0.327 e. The summed E-state index contributed by atoms with van der Waals surface area (Å²) in [5.74, 6) is 0.802. The van der Waals surface area contributed by atoms with Crippen molar-refractivity contribution in [2.75, 3.05) is 0 Å². The second kappa shape index (κ2) is 3.74. The highest BCUT2D eigenvalue weighted by atomic mass is 14.7. The third kappa shape index (κ3) is 2.16. The maximum Gasteiger partial charge on any atom is 0.0108 e. The Morgan fingerprint density at radius 3 is 2.57 bits per heavy atom. The van der Waals surface area contributed by atoms with Crippen LogP contribution in [0.1, 0.15) is 29.5 Å². The lowest BCUT2D eigenvalue weighted by atomic mass is 9.99. The molecule has 1 atom stereocenters. The van der Waals surface area contributed by atoms with Crippen molar-refractivity contribution < 1.29 is 0 Å². The number of hydrogen-bond donors (Lipinski definition) is 1. The van der Waals surface area contributed by atoms with Gasteiger partial charge < -0.3 is 5.73 Å². The highest BCUT2D eigenvalue weighted by Crippen LogP contribution is 2.32. The van der Waals surface area contributed by atoms with Crippen LogP contribution in [0.5, 0.6) is 0 Å². The molecule has 0 radical (unpaired) electrons. The molecule has 0 aliphatic heterocycles. The van der Waals surface area contributed by atoms with Crippen molar-refractivity contribution in [2.45, 2.75) is 39.2 Å². The van der Waals surface area contributed by atoms with Crippen LogP contribution in [0.4, 0.5) is 0 Å². The normalized spacial score (nSPS) is 18.2. The monoisotopic (exact) mass is 189 g/mol. The van der Waals surface area contributed by atoms with Gasteiger partial charge in [0.15, 0.2) is 0 Å². The Kier molecular flexibility index (Phi) is 2.60. The van der Waals surface area contributed by atoms with E-state index in [-0.39, 0.29) is 0 Å². The van der Waals surface area contributed by atoms with Crippen LogP contribution in [-0.2, 0) is 6.42 Å². The Bertz CT molecular complexity index is 326. The van der Waals surface area contributed by atoms with Crippen LogP contribution < -0.4 is 5.73 Å². The Hall–Kier alpha value is -0.820. The van der Waals surface area contributed by atoms with E-state index in [4.69, 9.17) is 5.73 Å². The quantitative estimate of drug-likeness (QED) is 0.777. The summed E-state index contributed by atoms with van der Waals surface area (Å²) >= 11 is 0. The lowest BCUT2D eigenvalue weighted by Crippen LogP contribution is -2.25. The minimum atomic E-state index is 0.386. The summed E-state index contributed by atoms with van der Waals surface area (Å²) in [6.07, 6.45) is 3.73. The first-order valence-electron chi connectivity index (χ1n) is 5.48. The van der Waals surface area contributed by atoms with E-state index in [0.717, 1.165) is 12.3 Å². The van der Waals surface area contributed by atoms with E-state index in [2.05, 4.69) is 32.0 Å². The molecule has 0 bridgehead atoms. The smallest absolute Gasteiger partial charge is 0.0108 e. The second-order valence-corrected chi connectivity index (χ2v) is 4.62. The molecule has 76 valence electrons. The third-order valence-corrected chi connectivity index (χ3v) is 3.27. The summed E-state index contributed by atoms with van der Waals surface area (Å²) in [6, 6.07) is 7.07. The highest BCUT2D eigenvalue weighted by Gasteiger charge is 2.28. The highest BCUT2D eigenvalue weighted by molar-refractivity contribution is 5.30. The maximum atomic E-state index is 6.10. The third-order valence-electron chi connectivity index (χ3n) is 3.27. The number of hydrogen-bond acceptors (Lipinski definition) is 1. The molecule has 1 aliphatic rings. The molecule has 0 saturated heterocycles. The number of benzene rings is 1. The van der Waals surface area contributed by atoms with E-state index in [1.165, 1.54) is 29.5 Å². The molecule has 1 heteroatoms. The standard InChI is InChI=1S/C13H19N/c1-9-3-4-11(7-10(9)2)8-13(14)12-5-6-12/h3-4,7,12-13H,5-6,8,14H2,1-2H3. The van der Waals surface area contributed by atoms with E-state index in [1.807, 2.05) is 0 Å². The molecule has 1 fully saturated rings. The van der Waals surface area contributed by atoms with Gasteiger partial charge in [-0.2, -0.15) is 0 Å². The van der Waals surface area contributed by atoms with Crippen molar-refractivity contribution in [3.05, 3.63) is 34.9 Å². The summed E-state index contributed by atoms with van der Waals surface area (Å²) in [5, 5.41) is 0. The molecule has 1 nitrogen and oxygen atoms in total. The zero-order chi connectivity index (χ0) is 10.1. The zero-order valence-corrected chi connectivity index (χ0v) is 9.09. The van der Waals surface area contributed by atoms with Gasteiger partial charge in [0.2, 0.25) is 0 Å². The van der Waals surface area contributed by atoms with E-state index < -0.39 is 0 Å². The van der Waals surface area contributed by atoms with Gasteiger partial charge in [-0.05, 0) is 55.7 Å². The fourth-order valence-corrected chi connectivity index (χ4v) is 1.89. The molecular weight excluding hydrogens is 170 g/mol. The van der Waals surface area contributed by atoms with Crippen molar-refractivity contribution in [3.63, 3.8) is 0 Å². The van der Waals surface area contributed by atoms with Gasteiger partial charge in [0.05, 0.1) is 0 Å². The molecule has 1 saturated carbocycles. The molecule has 0 aromatic heterocycles. The Morgan fingerprint density at radius 2 is 2.00 bits per heavy atom. The minimum absolute atomic E-state index is 0.386. The summed E-state index contributed by atoms with van der Waals surface area (Å²) < 4.78 is 0. The van der Waals surface area contributed by atoms with Gasteiger partial charge in [-0.25, -0.2) is 0 Å². The van der Waals surface area contributed by atoms with E-state index in [9.17, 15) is 0 Å². The van der Waals surface area contributed by atoms with Gasteiger partial charge in [0.25, 0.3) is 0 Å². The van der Waals surface area contributed by atoms with Crippen LogP contribution in [0.3, 0.4) is 0 Å². The fraction of sp³-hybridized carbons (Fsp3) is 0.538. The number of aryl methyl sites for hydroxylation is 2. The fourth-order valence-electron chi connectivity index (χ4n) is 1.89. The molecule has 0 amide bonds. The zero-order valence-electron chi connectivity index (χ0n) is 9.09. The number of nitrogens with two attached hydrogens (primary N) is 1. The van der Waals surface area contributed by atoms with E-state index in [0.29, 0.717) is 6.04 Å². The predicted molar refractivity (Wildman–Crippen MR) is 60.3 cm³/mol. The average molecular weight is 189 g/mol. The predicted octanol–water partition coefficient (Wildman–Crippen LogP) is 2.58. The Labute approximate surface area is 86.3 Å². The molecule has 14 heavy (non-hydrogen) atoms. The lowest BCUT2D eigenvalue weighted by Gasteiger charge is -2.11. The minimum Gasteiger partial charge on any atom is -0.327 e. The van der Waals surface area contributed by atoms with Crippen molar-refractivity contribution in [2.24, 2.45) is 11.7 Å². The molecule has 1 aromatic rings. The van der Waals surface area contributed by atoms with E-state index >= 15 is 0 Å². The molecule has 2 rings (SSSR count). The van der Waals surface area contributed by atoms with Crippen molar-refractivity contribution >= 4 is 0 Å². The van der Waals surface area contributed by atoms with Crippen LogP contribution >= 0.6 is 0 Å². The Morgan fingerprint density at radius 1 is 1.29 bits per heavy atom. The summed E-state index contributed by atoms with van der Waals surface area (Å²) in [5.41, 5.74) is 10.2. The van der Waals surface area contributed by atoms with Crippen molar-refractivity contribution in [3.8, 4) is 0 Å². The topological polar surface area (TPSA) is 26.0 Å². The van der Waals surface area contributed by atoms with Crippen LogP contribution in [0, 0.1) is 19.8 Å². The van der Waals surface area contributed by atoms with Crippen LogP contribution in [0.15, 0.2) is 18.2 Å². The van der Waals surface area contributed by atoms with Crippen molar-refractivity contribution in [1.29, 1.82) is 0 Å². The molecule has 1 aromatic carbocycles. The summed E-state index contributed by atoms with van der Waals surface area (Å²) in [6.45, 7) is 4.32. The van der Waals surface area contributed by atoms with Crippen LogP contribution in [0.25, 0.3) is 0 Å². The van der Waals surface area contributed by atoms with Crippen molar-refractivity contribution in [1.82, 2.24) is 0 Å². The first kappa shape index (κ1) is 9.72. The molecule has 1 unspecified atom stereocenters. The van der Waals surface area contributed by atoms with E-state index in [1.54, 1.807) is 0 Å². The summed E-state index contributed by atoms with van der Waals surface area (Å²) in [7, 11) is 0.